The molecule has 1 aromatic heterocycles. The van der Waals surface area contributed by atoms with E-state index in [0.717, 1.165) is 30.4 Å². The van der Waals surface area contributed by atoms with E-state index in [0.29, 0.717) is 10.7 Å². The number of likely N-dealkylation sites (N-methyl/N-ethyl adjacent to an activating group) is 1. The highest BCUT2D eigenvalue weighted by molar-refractivity contribution is 6.31. The molecule has 6 nitrogen and oxygen atoms in total. The molecule has 2 heterocycles. The number of amides is 1. The molecular formula is C21H29ClN3O3+. The number of piperidine rings is 1. The summed E-state index contributed by atoms with van der Waals surface area (Å²) in [5, 5.41) is 1.27. The Balaban J connectivity index is 1.97. The number of likely N-dealkylation sites (tertiary alicyclic amines) is 1. The molecule has 1 aliphatic rings. The zero-order valence-corrected chi connectivity index (χ0v) is 17.9. The Kier molecular flexibility index (Phi) is 5.73. The Morgan fingerprint density at radius 1 is 1.36 bits per heavy atom. The van der Waals surface area contributed by atoms with Gasteiger partial charge >= 0.3 is 5.97 Å². The number of anilines is 1. The number of nitrogens with one attached hydrogen (secondary N) is 2. The molecule has 0 spiro atoms. The molecule has 2 atom stereocenters. The summed E-state index contributed by atoms with van der Waals surface area (Å²) in [4.78, 5) is 31.6. The first-order valence-electron chi connectivity index (χ1n) is 9.66. The number of esters is 1. The fourth-order valence-electron chi connectivity index (χ4n) is 4.28. The van der Waals surface area contributed by atoms with E-state index in [2.05, 4.69) is 18.8 Å². The van der Waals surface area contributed by atoms with Crippen molar-refractivity contribution in [2.45, 2.75) is 39.7 Å². The lowest BCUT2D eigenvalue weighted by molar-refractivity contribution is -0.925. The van der Waals surface area contributed by atoms with E-state index >= 15 is 0 Å². The number of hydrogen-bond acceptors (Lipinski definition) is 3. The third-order valence-corrected chi connectivity index (χ3v) is 6.06. The number of quaternary nitrogens is 1. The van der Waals surface area contributed by atoms with Crippen LogP contribution >= 0.6 is 11.6 Å². The van der Waals surface area contributed by atoms with Crippen molar-refractivity contribution >= 4 is 40.1 Å². The fraction of sp³-hybridized carbons (Fsp3) is 0.524. The molecule has 2 aromatic rings. The second kappa shape index (κ2) is 7.76. The molecule has 1 aromatic carbocycles. The van der Waals surface area contributed by atoms with E-state index in [1.54, 1.807) is 30.1 Å². The molecule has 1 saturated heterocycles. The minimum Gasteiger partial charge on any atom is -0.464 e. The zero-order chi connectivity index (χ0) is 20.6. The molecule has 0 saturated carbocycles. The van der Waals surface area contributed by atoms with Gasteiger partial charge in [0.2, 0.25) is 0 Å². The SMILES string of the molecule is COC(=O)c1[nH]c2ccc(Cl)cc2c1N(C)C(=O)[C@@H](C)[NH+]1CCCC(C)(C)C1. The van der Waals surface area contributed by atoms with Crippen molar-refractivity contribution in [3.05, 3.63) is 28.9 Å². The van der Waals surface area contributed by atoms with Crippen LogP contribution in [0.4, 0.5) is 5.69 Å². The minimum absolute atomic E-state index is 0.0290. The van der Waals surface area contributed by atoms with Gasteiger partial charge in [-0.1, -0.05) is 25.4 Å². The van der Waals surface area contributed by atoms with Gasteiger partial charge in [-0.05, 0) is 38.0 Å². The number of aromatic nitrogens is 1. The summed E-state index contributed by atoms with van der Waals surface area (Å²) in [5.41, 5.74) is 1.74. The average Bonchev–Trinajstić information content (AvgIpc) is 3.03. The van der Waals surface area contributed by atoms with Crippen molar-refractivity contribution in [3.63, 3.8) is 0 Å². The summed E-state index contributed by atoms with van der Waals surface area (Å²) in [6, 6.07) is 5.10. The molecule has 28 heavy (non-hydrogen) atoms. The topological polar surface area (TPSA) is 66.8 Å². The first-order chi connectivity index (χ1) is 13.1. The fourth-order valence-corrected chi connectivity index (χ4v) is 4.45. The van der Waals surface area contributed by atoms with Crippen molar-refractivity contribution in [1.82, 2.24) is 4.98 Å². The van der Waals surface area contributed by atoms with Crippen LogP contribution in [0.2, 0.25) is 5.02 Å². The number of hydrogen-bond donors (Lipinski definition) is 2. The van der Waals surface area contributed by atoms with Crippen LogP contribution in [-0.4, -0.2) is 50.1 Å². The Hall–Kier alpha value is -2.05. The van der Waals surface area contributed by atoms with Gasteiger partial charge in [-0.2, -0.15) is 0 Å². The zero-order valence-electron chi connectivity index (χ0n) is 17.2. The number of carbonyl (C=O) groups is 2. The highest BCUT2D eigenvalue weighted by Gasteiger charge is 2.37. The average molecular weight is 407 g/mol. The number of ether oxygens (including phenoxy) is 1. The predicted octanol–water partition coefficient (Wildman–Crippen LogP) is 2.66. The lowest BCUT2D eigenvalue weighted by atomic mass is 9.83. The van der Waals surface area contributed by atoms with E-state index in [1.807, 2.05) is 6.92 Å². The van der Waals surface area contributed by atoms with Gasteiger partial charge in [0.15, 0.2) is 6.04 Å². The first-order valence-corrected chi connectivity index (χ1v) is 10.0. The standard InChI is InChI=1S/C21H28ClN3O3/c1-13(25-10-6-9-21(2,3)12-25)19(26)24(4)18-15-11-14(22)7-8-16(15)23-17(18)20(27)28-5/h7-8,11,13,23H,6,9-10,12H2,1-5H3/p+1/t13-/m1/s1. The van der Waals surface area contributed by atoms with Gasteiger partial charge in [0.1, 0.15) is 5.69 Å². The number of carbonyl (C=O) groups excluding carboxylic acids is 2. The second-order valence-corrected chi connectivity index (χ2v) is 8.94. The number of aromatic amines is 1. The van der Waals surface area contributed by atoms with Gasteiger partial charge in [-0.3, -0.25) is 4.79 Å². The van der Waals surface area contributed by atoms with E-state index in [1.165, 1.54) is 18.4 Å². The van der Waals surface area contributed by atoms with Gasteiger partial charge in [-0.25, -0.2) is 4.79 Å². The number of halogens is 1. The van der Waals surface area contributed by atoms with Crippen LogP contribution in [0.25, 0.3) is 10.9 Å². The molecule has 1 amide bonds. The monoisotopic (exact) mass is 406 g/mol. The summed E-state index contributed by atoms with van der Waals surface area (Å²) in [5.74, 6) is -0.542. The molecule has 2 N–H and O–H groups in total. The molecule has 0 aliphatic carbocycles. The molecule has 7 heteroatoms. The summed E-state index contributed by atoms with van der Waals surface area (Å²) in [6.45, 7) is 8.41. The van der Waals surface area contributed by atoms with E-state index in [-0.39, 0.29) is 23.1 Å². The van der Waals surface area contributed by atoms with Crippen LogP contribution in [0.1, 0.15) is 44.1 Å². The van der Waals surface area contributed by atoms with Crippen molar-refractivity contribution in [1.29, 1.82) is 0 Å². The first kappa shape index (κ1) is 20.7. The van der Waals surface area contributed by atoms with Crippen LogP contribution < -0.4 is 9.80 Å². The van der Waals surface area contributed by atoms with Crippen molar-refractivity contribution < 1.29 is 19.2 Å². The number of benzene rings is 1. The van der Waals surface area contributed by atoms with Gasteiger partial charge < -0.3 is 19.5 Å². The Labute approximate surface area is 170 Å². The van der Waals surface area contributed by atoms with E-state index in [9.17, 15) is 9.59 Å². The molecule has 0 radical (unpaired) electrons. The molecule has 152 valence electrons. The summed E-state index contributed by atoms with van der Waals surface area (Å²) in [6.07, 6.45) is 2.29. The van der Waals surface area contributed by atoms with Gasteiger partial charge in [0.25, 0.3) is 5.91 Å². The number of rotatable bonds is 4. The molecular weight excluding hydrogens is 378 g/mol. The maximum absolute atomic E-state index is 13.3. The van der Waals surface area contributed by atoms with Crippen LogP contribution in [-0.2, 0) is 9.53 Å². The lowest BCUT2D eigenvalue weighted by Gasteiger charge is -2.38. The summed E-state index contributed by atoms with van der Waals surface area (Å²) in [7, 11) is 3.04. The number of nitrogens with zero attached hydrogens (tertiary/aromatic N) is 1. The van der Waals surface area contributed by atoms with E-state index < -0.39 is 5.97 Å². The highest BCUT2D eigenvalue weighted by atomic mass is 35.5. The smallest absolute Gasteiger partial charge is 0.356 e. The molecule has 3 rings (SSSR count). The quantitative estimate of drug-likeness (QED) is 0.767. The summed E-state index contributed by atoms with van der Waals surface area (Å²) >= 11 is 6.18. The maximum atomic E-state index is 13.3. The molecule has 1 unspecified atom stereocenters. The Bertz CT molecular complexity index is 906. The van der Waals surface area contributed by atoms with Gasteiger partial charge in [0.05, 0.1) is 25.9 Å². The number of fused-ring (bicyclic) bond motifs is 1. The van der Waals surface area contributed by atoms with Crippen molar-refractivity contribution in [3.8, 4) is 0 Å². The largest absolute Gasteiger partial charge is 0.464 e. The van der Waals surface area contributed by atoms with Crippen molar-refractivity contribution in [2.75, 3.05) is 32.1 Å². The van der Waals surface area contributed by atoms with Crippen LogP contribution in [0.15, 0.2) is 18.2 Å². The molecule has 0 bridgehead atoms. The summed E-state index contributed by atoms with van der Waals surface area (Å²) < 4.78 is 4.92. The maximum Gasteiger partial charge on any atom is 0.356 e. The third kappa shape index (κ3) is 3.89. The molecule has 1 fully saturated rings. The highest BCUT2D eigenvalue weighted by Crippen LogP contribution is 2.33. The van der Waals surface area contributed by atoms with Crippen molar-refractivity contribution in [2.24, 2.45) is 5.41 Å². The lowest BCUT2D eigenvalue weighted by Crippen LogP contribution is -3.18. The van der Waals surface area contributed by atoms with Crippen LogP contribution in [0.5, 0.6) is 0 Å². The number of methoxy groups -OCH3 is 1. The van der Waals surface area contributed by atoms with E-state index in [4.69, 9.17) is 16.3 Å². The number of H-pyrrole nitrogens is 1. The minimum atomic E-state index is -0.513. The normalized spacial score (nSPS) is 20.0. The predicted molar refractivity (Wildman–Crippen MR) is 111 cm³/mol. The third-order valence-electron chi connectivity index (χ3n) is 5.83. The van der Waals surface area contributed by atoms with Crippen LogP contribution in [0, 0.1) is 5.41 Å². The molecule has 1 aliphatic heterocycles. The Morgan fingerprint density at radius 2 is 2.07 bits per heavy atom. The van der Waals surface area contributed by atoms with Crippen LogP contribution in [0.3, 0.4) is 0 Å². The van der Waals surface area contributed by atoms with Gasteiger partial charge in [-0.15, -0.1) is 0 Å². The van der Waals surface area contributed by atoms with Gasteiger partial charge in [0, 0.05) is 28.4 Å². The Morgan fingerprint density at radius 3 is 2.71 bits per heavy atom. The second-order valence-electron chi connectivity index (χ2n) is 8.50.